The standard InChI is InChI=1S/C12H12BrClFN3O/c1-19-6-5-18-10(7-14)16-17-12(18)8-3-2-4-9(13)11(8)15/h2-4H,5-7H2,1H3. The number of benzene rings is 1. The summed E-state index contributed by atoms with van der Waals surface area (Å²) in [6.07, 6.45) is 0. The van der Waals surface area contributed by atoms with E-state index in [9.17, 15) is 4.39 Å². The Labute approximate surface area is 123 Å². The van der Waals surface area contributed by atoms with Gasteiger partial charge in [0.2, 0.25) is 0 Å². The molecule has 0 unspecified atom stereocenters. The van der Waals surface area contributed by atoms with E-state index in [1.54, 1.807) is 29.9 Å². The minimum Gasteiger partial charge on any atom is -0.383 e. The first-order valence-electron chi connectivity index (χ1n) is 5.60. The summed E-state index contributed by atoms with van der Waals surface area (Å²) < 4.78 is 21.3. The number of ether oxygens (including phenoxy) is 1. The molecule has 7 heteroatoms. The fourth-order valence-corrected chi connectivity index (χ4v) is 2.29. The molecule has 0 bridgehead atoms. The van der Waals surface area contributed by atoms with Gasteiger partial charge in [0, 0.05) is 13.7 Å². The zero-order chi connectivity index (χ0) is 13.8. The Bertz CT molecular complexity index is 576. The summed E-state index contributed by atoms with van der Waals surface area (Å²) in [7, 11) is 1.60. The molecule has 19 heavy (non-hydrogen) atoms. The number of nitrogens with zero attached hydrogens (tertiary/aromatic N) is 3. The zero-order valence-corrected chi connectivity index (χ0v) is 12.6. The van der Waals surface area contributed by atoms with Gasteiger partial charge in [0.15, 0.2) is 5.82 Å². The number of methoxy groups -OCH3 is 1. The summed E-state index contributed by atoms with van der Waals surface area (Å²) in [5.74, 6) is 0.890. The Kier molecular flexibility index (Phi) is 4.90. The monoisotopic (exact) mass is 347 g/mol. The molecule has 102 valence electrons. The van der Waals surface area contributed by atoms with Gasteiger partial charge in [-0.3, -0.25) is 0 Å². The Hall–Kier alpha value is -0.980. The highest BCUT2D eigenvalue weighted by Gasteiger charge is 2.17. The van der Waals surface area contributed by atoms with E-state index in [0.717, 1.165) is 0 Å². The van der Waals surface area contributed by atoms with Crippen molar-refractivity contribution in [3.8, 4) is 11.4 Å². The summed E-state index contributed by atoms with van der Waals surface area (Å²) in [5, 5.41) is 8.00. The highest BCUT2D eigenvalue weighted by Crippen LogP contribution is 2.27. The third-order valence-corrected chi connectivity index (χ3v) is 3.51. The lowest BCUT2D eigenvalue weighted by Crippen LogP contribution is -2.09. The molecule has 0 radical (unpaired) electrons. The van der Waals surface area contributed by atoms with Crippen LogP contribution in [0.1, 0.15) is 5.82 Å². The van der Waals surface area contributed by atoms with Crippen LogP contribution in [0.5, 0.6) is 0 Å². The fourth-order valence-electron chi connectivity index (χ4n) is 1.73. The lowest BCUT2D eigenvalue weighted by atomic mass is 10.2. The molecule has 0 aliphatic heterocycles. The van der Waals surface area contributed by atoms with Crippen molar-refractivity contribution in [1.82, 2.24) is 14.8 Å². The maximum atomic E-state index is 14.1. The fraction of sp³-hybridized carbons (Fsp3) is 0.333. The first kappa shape index (κ1) is 14.4. The van der Waals surface area contributed by atoms with Gasteiger partial charge in [-0.2, -0.15) is 0 Å². The van der Waals surface area contributed by atoms with E-state index in [0.29, 0.717) is 34.8 Å². The highest BCUT2D eigenvalue weighted by atomic mass is 79.9. The number of alkyl halides is 1. The average molecular weight is 349 g/mol. The normalized spacial score (nSPS) is 10.9. The van der Waals surface area contributed by atoms with Crippen molar-refractivity contribution in [2.24, 2.45) is 0 Å². The van der Waals surface area contributed by atoms with E-state index < -0.39 is 0 Å². The van der Waals surface area contributed by atoms with E-state index in [1.807, 2.05) is 0 Å². The molecule has 2 rings (SSSR count). The second-order valence-corrected chi connectivity index (χ2v) is 4.94. The molecule has 0 fully saturated rings. The summed E-state index contributed by atoms with van der Waals surface area (Å²) in [6.45, 7) is 0.997. The molecular formula is C12H12BrClFN3O. The van der Waals surface area contributed by atoms with Crippen LogP contribution < -0.4 is 0 Å². The number of hydrogen-bond acceptors (Lipinski definition) is 3. The lowest BCUT2D eigenvalue weighted by molar-refractivity contribution is 0.187. The minimum absolute atomic E-state index is 0.215. The van der Waals surface area contributed by atoms with Crippen LogP contribution in [0.3, 0.4) is 0 Å². The van der Waals surface area contributed by atoms with Crippen molar-refractivity contribution < 1.29 is 9.13 Å². The number of hydrogen-bond donors (Lipinski definition) is 0. The third-order valence-electron chi connectivity index (χ3n) is 2.66. The van der Waals surface area contributed by atoms with Crippen LogP contribution in [0.2, 0.25) is 0 Å². The van der Waals surface area contributed by atoms with E-state index in [4.69, 9.17) is 16.3 Å². The van der Waals surface area contributed by atoms with Crippen molar-refractivity contribution in [3.63, 3.8) is 0 Å². The summed E-state index contributed by atoms with van der Waals surface area (Å²) in [6, 6.07) is 5.04. The third kappa shape index (κ3) is 2.96. The number of rotatable bonds is 5. The molecule has 0 aliphatic rings. The van der Waals surface area contributed by atoms with Crippen molar-refractivity contribution in [2.75, 3.05) is 13.7 Å². The first-order chi connectivity index (χ1) is 9.19. The van der Waals surface area contributed by atoms with E-state index >= 15 is 0 Å². The van der Waals surface area contributed by atoms with Crippen molar-refractivity contribution in [3.05, 3.63) is 34.3 Å². The minimum atomic E-state index is -0.366. The van der Waals surface area contributed by atoms with Crippen LogP contribution in [0.15, 0.2) is 22.7 Å². The Morgan fingerprint density at radius 1 is 1.42 bits per heavy atom. The number of aromatic nitrogens is 3. The molecule has 0 atom stereocenters. The highest BCUT2D eigenvalue weighted by molar-refractivity contribution is 9.10. The van der Waals surface area contributed by atoms with Gasteiger partial charge in [-0.25, -0.2) is 4.39 Å². The maximum Gasteiger partial charge on any atom is 0.167 e. The molecule has 1 aromatic carbocycles. The van der Waals surface area contributed by atoms with Gasteiger partial charge >= 0.3 is 0 Å². The molecule has 0 saturated heterocycles. The van der Waals surface area contributed by atoms with Gasteiger partial charge in [0.1, 0.15) is 11.6 Å². The molecule has 2 aromatic rings. The van der Waals surface area contributed by atoms with Gasteiger partial charge in [-0.05, 0) is 28.1 Å². The topological polar surface area (TPSA) is 39.9 Å². The van der Waals surface area contributed by atoms with E-state index in [-0.39, 0.29) is 11.7 Å². The smallest absolute Gasteiger partial charge is 0.167 e. The van der Waals surface area contributed by atoms with E-state index in [1.165, 1.54) is 0 Å². The summed E-state index contributed by atoms with van der Waals surface area (Å²) in [4.78, 5) is 0. The Morgan fingerprint density at radius 3 is 2.89 bits per heavy atom. The molecular weight excluding hydrogens is 337 g/mol. The second-order valence-electron chi connectivity index (χ2n) is 3.82. The van der Waals surface area contributed by atoms with Gasteiger partial charge < -0.3 is 9.30 Å². The quantitative estimate of drug-likeness (QED) is 0.779. The van der Waals surface area contributed by atoms with Gasteiger partial charge in [-0.1, -0.05) is 6.07 Å². The van der Waals surface area contributed by atoms with Crippen LogP contribution in [0.25, 0.3) is 11.4 Å². The van der Waals surface area contributed by atoms with Crippen molar-refractivity contribution >= 4 is 27.5 Å². The predicted octanol–water partition coefficient (Wildman–Crippen LogP) is 3.23. The molecule has 1 aromatic heterocycles. The van der Waals surface area contributed by atoms with Crippen LogP contribution in [-0.2, 0) is 17.2 Å². The molecule has 0 spiro atoms. The average Bonchev–Trinajstić information content (AvgIpc) is 2.82. The lowest BCUT2D eigenvalue weighted by Gasteiger charge is -2.09. The van der Waals surface area contributed by atoms with E-state index in [2.05, 4.69) is 26.1 Å². The number of halogens is 3. The molecule has 1 heterocycles. The Morgan fingerprint density at radius 2 is 2.21 bits per heavy atom. The van der Waals surface area contributed by atoms with Crippen LogP contribution in [0, 0.1) is 5.82 Å². The molecule has 0 N–H and O–H groups in total. The zero-order valence-electron chi connectivity index (χ0n) is 10.2. The first-order valence-corrected chi connectivity index (χ1v) is 6.93. The SMILES string of the molecule is COCCn1c(CCl)nnc1-c1cccc(Br)c1F. The summed E-state index contributed by atoms with van der Waals surface area (Å²) >= 11 is 8.98. The molecule has 4 nitrogen and oxygen atoms in total. The predicted molar refractivity (Wildman–Crippen MR) is 74.5 cm³/mol. The molecule has 0 amide bonds. The largest absolute Gasteiger partial charge is 0.383 e. The van der Waals surface area contributed by atoms with Crippen LogP contribution in [0.4, 0.5) is 4.39 Å². The van der Waals surface area contributed by atoms with Crippen LogP contribution in [-0.4, -0.2) is 28.5 Å². The Balaban J connectivity index is 2.49. The van der Waals surface area contributed by atoms with Gasteiger partial charge in [-0.15, -0.1) is 21.8 Å². The van der Waals surface area contributed by atoms with Crippen molar-refractivity contribution in [1.29, 1.82) is 0 Å². The molecule has 0 aliphatic carbocycles. The van der Waals surface area contributed by atoms with Gasteiger partial charge in [0.05, 0.1) is 22.5 Å². The van der Waals surface area contributed by atoms with Crippen LogP contribution >= 0.6 is 27.5 Å². The molecule has 0 saturated carbocycles. The summed E-state index contributed by atoms with van der Waals surface area (Å²) in [5.41, 5.74) is 0.384. The maximum absolute atomic E-state index is 14.1. The van der Waals surface area contributed by atoms with Crippen molar-refractivity contribution in [2.45, 2.75) is 12.4 Å². The van der Waals surface area contributed by atoms with Gasteiger partial charge in [0.25, 0.3) is 0 Å². The second kappa shape index (κ2) is 6.45.